The second-order valence-corrected chi connectivity index (χ2v) is 7.29. The monoisotopic (exact) mass is 450 g/mol. The zero-order valence-corrected chi connectivity index (χ0v) is 16.7. The van der Waals surface area contributed by atoms with Crippen LogP contribution in [0.5, 0.6) is 0 Å². The van der Waals surface area contributed by atoms with E-state index in [0.717, 1.165) is 6.07 Å². The van der Waals surface area contributed by atoms with Crippen LogP contribution in [0.1, 0.15) is 24.2 Å². The number of alkyl halides is 3. The van der Waals surface area contributed by atoms with Gasteiger partial charge in [0.1, 0.15) is 11.6 Å². The van der Waals surface area contributed by atoms with Crippen molar-refractivity contribution in [1.29, 1.82) is 0 Å². The summed E-state index contributed by atoms with van der Waals surface area (Å²) in [6.07, 6.45) is -2.25. The van der Waals surface area contributed by atoms with Crippen molar-refractivity contribution >= 4 is 11.8 Å². The van der Waals surface area contributed by atoms with Crippen LogP contribution in [0, 0.1) is 11.7 Å². The summed E-state index contributed by atoms with van der Waals surface area (Å²) in [4.78, 5) is 22.0. The highest BCUT2D eigenvalue weighted by Crippen LogP contribution is 2.36. The number of carbonyl (C=O) groups excluding carboxylic acids is 1. The highest BCUT2D eigenvalue weighted by Gasteiger charge is 2.37. The van der Waals surface area contributed by atoms with E-state index in [0.29, 0.717) is 24.9 Å². The molecule has 11 heteroatoms. The molecule has 1 unspecified atom stereocenters. The Kier molecular flexibility index (Phi) is 6.06. The van der Waals surface area contributed by atoms with Crippen LogP contribution in [0.2, 0.25) is 0 Å². The standard InChI is InChI=1S/C21H18F4N4O3/c22-15-7-5-13(6-8-15)19-27-17(28-32-19)12-31-20(30)14-3-2-10-29(11-14)18-16(21(23,24)25)4-1-9-26-18/h1,4-9,14H,2-3,10-12H2. The quantitative estimate of drug-likeness (QED) is 0.425. The third kappa shape index (κ3) is 4.87. The van der Waals surface area contributed by atoms with E-state index >= 15 is 0 Å². The van der Waals surface area contributed by atoms with E-state index in [-0.39, 0.29) is 30.7 Å². The van der Waals surface area contributed by atoms with Crippen LogP contribution in [0.3, 0.4) is 0 Å². The van der Waals surface area contributed by atoms with Gasteiger partial charge in [-0.3, -0.25) is 4.79 Å². The third-order valence-electron chi connectivity index (χ3n) is 5.05. The third-order valence-corrected chi connectivity index (χ3v) is 5.05. The SMILES string of the molecule is O=C(OCc1noc(-c2ccc(F)cc2)n1)C1CCCN(c2ncccc2C(F)(F)F)C1. The van der Waals surface area contributed by atoms with Crippen molar-refractivity contribution in [3.8, 4) is 11.5 Å². The fourth-order valence-electron chi connectivity index (χ4n) is 3.51. The number of anilines is 1. The molecule has 32 heavy (non-hydrogen) atoms. The first-order chi connectivity index (χ1) is 15.3. The molecular weight excluding hydrogens is 432 g/mol. The van der Waals surface area contributed by atoms with Crippen molar-refractivity contribution in [2.45, 2.75) is 25.6 Å². The summed E-state index contributed by atoms with van der Waals surface area (Å²) in [6.45, 7) is 0.166. The second-order valence-electron chi connectivity index (χ2n) is 7.29. The topological polar surface area (TPSA) is 81.3 Å². The Balaban J connectivity index is 1.38. The van der Waals surface area contributed by atoms with Gasteiger partial charge < -0.3 is 14.2 Å². The molecule has 0 N–H and O–H groups in total. The fourth-order valence-corrected chi connectivity index (χ4v) is 3.51. The molecule has 0 aliphatic carbocycles. The predicted octanol–water partition coefficient (Wildman–Crippen LogP) is 4.25. The first kappa shape index (κ1) is 21.7. The number of pyridine rings is 1. The van der Waals surface area contributed by atoms with Crippen LogP contribution in [0.4, 0.5) is 23.4 Å². The van der Waals surface area contributed by atoms with Gasteiger partial charge in [-0.15, -0.1) is 0 Å². The molecule has 0 radical (unpaired) electrons. The Labute approximate surface area is 180 Å². The van der Waals surface area contributed by atoms with E-state index < -0.39 is 29.4 Å². The van der Waals surface area contributed by atoms with Gasteiger partial charge in [-0.1, -0.05) is 5.16 Å². The Morgan fingerprint density at radius 2 is 2.00 bits per heavy atom. The average molecular weight is 450 g/mol. The van der Waals surface area contributed by atoms with Crippen LogP contribution in [-0.2, 0) is 22.3 Å². The molecular formula is C21H18F4N4O3. The maximum absolute atomic E-state index is 13.3. The minimum Gasteiger partial charge on any atom is -0.457 e. The number of ether oxygens (including phenoxy) is 1. The molecule has 1 saturated heterocycles. The summed E-state index contributed by atoms with van der Waals surface area (Å²) in [5, 5.41) is 3.73. The lowest BCUT2D eigenvalue weighted by atomic mass is 9.98. The molecule has 1 aromatic carbocycles. The molecule has 0 amide bonds. The average Bonchev–Trinajstić information content (AvgIpc) is 3.26. The van der Waals surface area contributed by atoms with Crippen molar-refractivity contribution in [3.63, 3.8) is 0 Å². The highest BCUT2D eigenvalue weighted by atomic mass is 19.4. The minimum atomic E-state index is -4.54. The number of esters is 1. The maximum Gasteiger partial charge on any atom is 0.419 e. The molecule has 1 fully saturated rings. The van der Waals surface area contributed by atoms with Gasteiger partial charge in [0.05, 0.1) is 11.5 Å². The van der Waals surface area contributed by atoms with E-state index in [4.69, 9.17) is 9.26 Å². The van der Waals surface area contributed by atoms with Crippen LogP contribution >= 0.6 is 0 Å². The molecule has 1 atom stereocenters. The summed E-state index contributed by atoms with van der Waals surface area (Å²) in [5.74, 6) is -1.51. The molecule has 168 valence electrons. The Morgan fingerprint density at radius 3 is 2.75 bits per heavy atom. The number of hydrogen-bond acceptors (Lipinski definition) is 7. The number of nitrogens with zero attached hydrogens (tertiary/aromatic N) is 4. The molecule has 0 bridgehead atoms. The van der Waals surface area contributed by atoms with Crippen molar-refractivity contribution in [2.75, 3.05) is 18.0 Å². The van der Waals surface area contributed by atoms with Crippen LogP contribution in [-0.4, -0.2) is 34.2 Å². The van der Waals surface area contributed by atoms with Gasteiger partial charge in [-0.05, 0) is 49.2 Å². The number of carbonyl (C=O) groups is 1. The van der Waals surface area contributed by atoms with Gasteiger partial charge in [0, 0.05) is 24.8 Å². The van der Waals surface area contributed by atoms with E-state index in [2.05, 4.69) is 15.1 Å². The Hall–Kier alpha value is -3.50. The number of benzene rings is 1. The summed E-state index contributed by atoms with van der Waals surface area (Å²) in [6, 6.07) is 7.65. The van der Waals surface area contributed by atoms with Crippen molar-refractivity contribution < 1.29 is 31.6 Å². The van der Waals surface area contributed by atoms with Gasteiger partial charge in [0.15, 0.2) is 6.61 Å². The van der Waals surface area contributed by atoms with E-state index in [1.54, 1.807) is 0 Å². The molecule has 2 aromatic heterocycles. The molecule has 0 spiro atoms. The number of hydrogen-bond donors (Lipinski definition) is 0. The van der Waals surface area contributed by atoms with Crippen LogP contribution in [0.25, 0.3) is 11.5 Å². The summed E-state index contributed by atoms with van der Waals surface area (Å²) in [7, 11) is 0. The van der Waals surface area contributed by atoms with Gasteiger partial charge in [-0.2, -0.15) is 18.2 Å². The molecule has 7 nitrogen and oxygen atoms in total. The summed E-state index contributed by atoms with van der Waals surface area (Å²) >= 11 is 0. The number of halogens is 4. The van der Waals surface area contributed by atoms with E-state index in [9.17, 15) is 22.4 Å². The molecule has 4 rings (SSSR count). The van der Waals surface area contributed by atoms with E-state index in [1.807, 2.05) is 0 Å². The smallest absolute Gasteiger partial charge is 0.419 e. The first-order valence-electron chi connectivity index (χ1n) is 9.83. The lowest BCUT2D eigenvalue weighted by Gasteiger charge is -2.33. The lowest BCUT2D eigenvalue weighted by Crippen LogP contribution is -2.40. The largest absolute Gasteiger partial charge is 0.457 e. The first-order valence-corrected chi connectivity index (χ1v) is 9.83. The molecule has 3 heterocycles. The van der Waals surface area contributed by atoms with Crippen LogP contribution in [0.15, 0.2) is 47.1 Å². The molecule has 1 aliphatic heterocycles. The van der Waals surface area contributed by atoms with Crippen molar-refractivity contribution in [2.24, 2.45) is 5.92 Å². The number of aromatic nitrogens is 3. The lowest BCUT2D eigenvalue weighted by molar-refractivity contribution is -0.150. The van der Waals surface area contributed by atoms with Gasteiger partial charge >= 0.3 is 12.1 Å². The van der Waals surface area contributed by atoms with Crippen molar-refractivity contribution in [3.05, 3.63) is 59.8 Å². The number of piperidine rings is 1. The zero-order chi connectivity index (χ0) is 22.7. The normalized spacial score (nSPS) is 16.8. The maximum atomic E-state index is 13.3. The molecule has 0 saturated carbocycles. The second kappa shape index (κ2) is 8.93. The molecule has 3 aromatic rings. The summed E-state index contributed by atoms with van der Waals surface area (Å²) in [5.41, 5.74) is -0.329. The fraction of sp³-hybridized carbons (Fsp3) is 0.333. The van der Waals surface area contributed by atoms with Gasteiger partial charge in [0.25, 0.3) is 5.89 Å². The Bertz CT molecular complexity index is 1090. The minimum absolute atomic E-state index is 0.0615. The van der Waals surface area contributed by atoms with Crippen molar-refractivity contribution in [1.82, 2.24) is 15.1 Å². The predicted molar refractivity (Wildman–Crippen MR) is 104 cm³/mol. The number of rotatable bonds is 5. The van der Waals surface area contributed by atoms with Gasteiger partial charge in [-0.25, -0.2) is 9.37 Å². The van der Waals surface area contributed by atoms with Crippen LogP contribution < -0.4 is 4.90 Å². The molecule has 1 aliphatic rings. The zero-order valence-electron chi connectivity index (χ0n) is 16.7. The highest BCUT2D eigenvalue weighted by molar-refractivity contribution is 5.73. The van der Waals surface area contributed by atoms with Gasteiger partial charge in [0.2, 0.25) is 5.82 Å². The van der Waals surface area contributed by atoms with E-state index in [1.165, 1.54) is 41.4 Å². The summed E-state index contributed by atoms with van der Waals surface area (Å²) < 4.78 is 63.3. The Morgan fingerprint density at radius 1 is 1.22 bits per heavy atom.